The summed E-state index contributed by atoms with van der Waals surface area (Å²) in [6.45, 7) is 3.15. The summed E-state index contributed by atoms with van der Waals surface area (Å²) < 4.78 is 24.8. The van der Waals surface area contributed by atoms with Crippen LogP contribution in [-0.4, -0.2) is 23.6 Å². The van der Waals surface area contributed by atoms with E-state index in [1.165, 1.54) is 24.0 Å². The number of furan rings is 1. The van der Waals surface area contributed by atoms with Crippen molar-refractivity contribution in [3.8, 4) is 0 Å². The van der Waals surface area contributed by atoms with Gasteiger partial charge in [-0.1, -0.05) is 11.6 Å². The van der Waals surface area contributed by atoms with Gasteiger partial charge >= 0.3 is 6.09 Å². The van der Waals surface area contributed by atoms with Crippen molar-refractivity contribution in [1.82, 2.24) is 4.98 Å². The predicted molar refractivity (Wildman–Crippen MR) is 112 cm³/mol. The molecule has 1 N–H and O–H groups in total. The van der Waals surface area contributed by atoms with Crippen molar-refractivity contribution < 1.29 is 23.1 Å². The van der Waals surface area contributed by atoms with Crippen LogP contribution in [0.4, 0.5) is 26.4 Å². The first kappa shape index (κ1) is 20.3. The van der Waals surface area contributed by atoms with Gasteiger partial charge in [-0.05, 0) is 53.8 Å². The van der Waals surface area contributed by atoms with E-state index in [0.29, 0.717) is 20.4 Å². The highest BCUT2D eigenvalue weighted by atomic mass is 127. The Morgan fingerprint density at radius 2 is 2.14 bits per heavy atom. The minimum atomic E-state index is -0.744. The summed E-state index contributed by atoms with van der Waals surface area (Å²) in [7, 11) is 0. The number of nitrogens with zero attached hydrogens (tertiary/aromatic N) is 2. The van der Waals surface area contributed by atoms with E-state index >= 15 is 0 Å². The molecule has 2 amide bonds. The Morgan fingerprint density at radius 3 is 2.79 bits per heavy atom. The summed E-state index contributed by atoms with van der Waals surface area (Å²) in [4.78, 5) is 29.9. The van der Waals surface area contributed by atoms with E-state index in [9.17, 15) is 14.0 Å². The average molecular weight is 518 g/mol. The molecule has 0 aliphatic carbocycles. The van der Waals surface area contributed by atoms with Crippen LogP contribution in [0.2, 0.25) is 5.02 Å². The Balaban J connectivity index is 2.24. The molecule has 3 rings (SSSR count). The van der Waals surface area contributed by atoms with E-state index in [-0.39, 0.29) is 23.2 Å². The molecule has 1 aromatic carbocycles. The number of fused-ring (bicyclic) bond motifs is 1. The quantitative estimate of drug-likeness (QED) is 0.366. The van der Waals surface area contributed by atoms with E-state index in [0.717, 1.165) is 6.07 Å². The van der Waals surface area contributed by atoms with Gasteiger partial charge in [-0.15, -0.1) is 0 Å². The lowest BCUT2D eigenvalue weighted by molar-refractivity contribution is -0.115. The number of aromatic nitrogens is 1. The number of rotatable bonds is 4. The van der Waals surface area contributed by atoms with Crippen molar-refractivity contribution in [1.29, 1.82) is 0 Å². The molecule has 0 fully saturated rings. The Bertz CT molecular complexity index is 1070. The zero-order valence-electron chi connectivity index (χ0n) is 14.8. The van der Waals surface area contributed by atoms with Gasteiger partial charge in [0.25, 0.3) is 0 Å². The minimum absolute atomic E-state index is 0.00462. The topological polar surface area (TPSA) is 84.7 Å². The molecule has 3 aromatic rings. The zero-order valence-corrected chi connectivity index (χ0v) is 17.7. The summed E-state index contributed by atoms with van der Waals surface area (Å²) in [5.74, 6) is -1.02. The summed E-state index contributed by atoms with van der Waals surface area (Å²) in [5, 5.41) is 2.88. The van der Waals surface area contributed by atoms with Gasteiger partial charge in [0.15, 0.2) is 5.58 Å². The number of carbonyl (C=O) groups excluding carboxylic acids is 2. The number of nitrogens with one attached hydrogen (secondary N) is 1. The number of pyridine rings is 1. The lowest BCUT2D eigenvalue weighted by Crippen LogP contribution is -2.24. The number of ether oxygens (including phenoxy) is 1. The average Bonchev–Trinajstić information content (AvgIpc) is 2.98. The second-order valence-electron chi connectivity index (χ2n) is 5.56. The fourth-order valence-corrected chi connectivity index (χ4v) is 3.37. The number of anilines is 3. The number of amides is 2. The molecule has 0 radical (unpaired) electrons. The van der Waals surface area contributed by atoms with Crippen LogP contribution in [0, 0.1) is 9.52 Å². The van der Waals surface area contributed by atoms with Crippen LogP contribution in [0.3, 0.4) is 0 Å². The molecular formula is C18H14ClFIN3O4. The number of carbonyl (C=O) groups is 2. The molecule has 2 aromatic heterocycles. The van der Waals surface area contributed by atoms with Gasteiger partial charge in [-0.25, -0.2) is 14.2 Å². The monoisotopic (exact) mass is 517 g/mol. The number of hydrogen-bond acceptors (Lipinski definition) is 5. The molecular weight excluding hydrogens is 504 g/mol. The van der Waals surface area contributed by atoms with Crippen molar-refractivity contribution >= 4 is 74.4 Å². The molecule has 0 unspecified atom stereocenters. The van der Waals surface area contributed by atoms with Crippen LogP contribution in [0.25, 0.3) is 11.0 Å². The molecule has 0 atom stereocenters. The summed E-state index contributed by atoms with van der Waals surface area (Å²) >= 11 is 7.88. The third kappa shape index (κ3) is 3.90. The van der Waals surface area contributed by atoms with Gasteiger partial charge in [0, 0.05) is 13.1 Å². The van der Waals surface area contributed by atoms with E-state index < -0.39 is 17.8 Å². The van der Waals surface area contributed by atoms with Gasteiger partial charge in [0.1, 0.15) is 15.2 Å². The van der Waals surface area contributed by atoms with E-state index in [4.69, 9.17) is 20.8 Å². The molecule has 7 nitrogen and oxygen atoms in total. The highest BCUT2D eigenvalue weighted by Gasteiger charge is 2.27. The Hall–Kier alpha value is -2.40. The molecule has 0 bridgehead atoms. The maximum absolute atomic E-state index is 13.6. The van der Waals surface area contributed by atoms with E-state index in [2.05, 4.69) is 10.3 Å². The largest absolute Gasteiger partial charge is 0.450 e. The standard InChI is InChI=1S/C18H14ClFIN3O4/c1-3-27-18(26)23-17-14(11-6-7-22-16(21)15(11)28-17)24(9(2)25)10-4-5-13(20)12(19)8-10/h4-8H,3H2,1-2H3,(H,23,26). The molecule has 0 aliphatic rings. The number of benzene rings is 1. The van der Waals surface area contributed by atoms with Crippen LogP contribution in [0.15, 0.2) is 34.9 Å². The van der Waals surface area contributed by atoms with Gasteiger partial charge < -0.3 is 9.15 Å². The zero-order chi connectivity index (χ0) is 20.4. The van der Waals surface area contributed by atoms with Crippen molar-refractivity contribution in [2.45, 2.75) is 13.8 Å². The normalized spacial score (nSPS) is 10.8. The summed E-state index contributed by atoms with van der Waals surface area (Å²) in [6, 6.07) is 5.52. The van der Waals surface area contributed by atoms with Crippen molar-refractivity contribution in [2.75, 3.05) is 16.8 Å². The Morgan fingerprint density at radius 1 is 1.39 bits per heavy atom. The van der Waals surface area contributed by atoms with Crippen LogP contribution in [0.5, 0.6) is 0 Å². The smallest absolute Gasteiger partial charge is 0.414 e. The summed E-state index contributed by atoms with van der Waals surface area (Å²) in [6.07, 6.45) is 0.805. The first-order valence-electron chi connectivity index (χ1n) is 8.10. The van der Waals surface area contributed by atoms with Gasteiger partial charge in [0.2, 0.25) is 11.8 Å². The molecule has 28 heavy (non-hydrogen) atoms. The molecule has 0 saturated heterocycles. The van der Waals surface area contributed by atoms with Crippen molar-refractivity contribution in [2.24, 2.45) is 0 Å². The van der Waals surface area contributed by atoms with Gasteiger partial charge in [-0.3, -0.25) is 15.0 Å². The van der Waals surface area contributed by atoms with Crippen LogP contribution in [0.1, 0.15) is 13.8 Å². The molecule has 10 heteroatoms. The van der Waals surface area contributed by atoms with Gasteiger partial charge in [0.05, 0.1) is 22.7 Å². The summed E-state index contributed by atoms with van der Waals surface area (Å²) in [5.41, 5.74) is 0.947. The highest BCUT2D eigenvalue weighted by Crippen LogP contribution is 2.43. The van der Waals surface area contributed by atoms with Crippen LogP contribution < -0.4 is 10.2 Å². The Labute approximate surface area is 177 Å². The Kier molecular flexibility index (Phi) is 6.04. The van der Waals surface area contributed by atoms with Crippen LogP contribution in [-0.2, 0) is 9.53 Å². The molecule has 0 saturated carbocycles. The highest BCUT2D eigenvalue weighted by molar-refractivity contribution is 14.1. The molecule has 0 spiro atoms. The maximum Gasteiger partial charge on any atom is 0.414 e. The predicted octanol–water partition coefficient (Wildman–Crippen LogP) is 5.48. The van der Waals surface area contributed by atoms with E-state index in [1.807, 2.05) is 22.6 Å². The van der Waals surface area contributed by atoms with Crippen molar-refractivity contribution in [3.63, 3.8) is 0 Å². The fourth-order valence-electron chi connectivity index (χ4n) is 2.64. The van der Waals surface area contributed by atoms with Gasteiger partial charge in [-0.2, -0.15) is 0 Å². The maximum atomic E-state index is 13.6. The van der Waals surface area contributed by atoms with Crippen molar-refractivity contribution in [3.05, 3.63) is 45.0 Å². The third-order valence-electron chi connectivity index (χ3n) is 3.73. The lowest BCUT2D eigenvalue weighted by atomic mass is 10.2. The third-order valence-corrected chi connectivity index (χ3v) is 4.78. The van der Waals surface area contributed by atoms with E-state index in [1.54, 1.807) is 19.2 Å². The molecule has 0 aliphatic heterocycles. The SMILES string of the molecule is CCOC(=O)Nc1oc2c(I)nccc2c1N(C(C)=O)c1ccc(F)c(Cl)c1. The molecule has 2 heterocycles. The first-order valence-corrected chi connectivity index (χ1v) is 9.55. The molecule has 146 valence electrons. The van der Waals surface area contributed by atoms with Crippen LogP contribution >= 0.6 is 34.2 Å². The number of halogens is 3. The second kappa shape index (κ2) is 8.31. The fraction of sp³-hybridized carbons (Fsp3) is 0.167. The number of hydrogen-bond donors (Lipinski definition) is 1. The second-order valence-corrected chi connectivity index (χ2v) is 6.99. The minimum Gasteiger partial charge on any atom is -0.450 e. The first-order chi connectivity index (χ1) is 13.3. The lowest BCUT2D eigenvalue weighted by Gasteiger charge is -2.21.